The summed E-state index contributed by atoms with van der Waals surface area (Å²) < 4.78 is 6.74. The highest BCUT2D eigenvalue weighted by Crippen LogP contribution is 2.35. The Morgan fingerprint density at radius 2 is 2.27 bits per heavy atom. The summed E-state index contributed by atoms with van der Waals surface area (Å²) in [5, 5.41) is 4.54. The number of thiophene rings is 1. The smallest absolute Gasteiger partial charge is 0.147 e. The molecule has 0 aliphatic carbocycles. The largest absolute Gasteiger partial charge is 0.376 e. The second-order valence-corrected chi connectivity index (χ2v) is 6.76. The minimum Gasteiger partial charge on any atom is -0.376 e. The van der Waals surface area contributed by atoms with Gasteiger partial charge < -0.3 is 10.1 Å². The summed E-state index contributed by atoms with van der Waals surface area (Å²) in [6.07, 6.45) is 4.19. The molecule has 1 saturated heterocycles. The van der Waals surface area contributed by atoms with Gasteiger partial charge in [-0.3, -0.25) is 0 Å². The van der Waals surface area contributed by atoms with Crippen LogP contribution in [0.25, 0.3) is 20.4 Å². The molecule has 4 rings (SSSR count). The summed E-state index contributed by atoms with van der Waals surface area (Å²) in [7, 11) is 0. The first-order valence-corrected chi connectivity index (χ1v) is 8.41. The first-order chi connectivity index (χ1) is 10.7. The molecule has 3 aromatic heterocycles. The van der Waals surface area contributed by atoms with Crippen LogP contribution in [0, 0.1) is 13.8 Å². The lowest BCUT2D eigenvalue weighted by molar-refractivity contribution is 0.120. The van der Waals surface area contributed by atoms with Gasteiger partial charge in [-0.15, -0.1) is 11.3 Å². The number of aromatic nitrogens is 3. The molecule has 0 spiro atoms. The third kappa shape index (κ3) is 2.32. The van der Waals surface area contributed by atoms with Gasteiger partial charge in [-0.05, 0) is 38.3 Å². The van der Waals surface area contributed by atoms with Crippen molar-refractivity contribution in [2.45, 2.75) is 32.8 Å². The fourth-order valence-corrected chi connectivity index (χ4v) is 3.95. The molecule has 0 amide bonds. The van der Waals surface area contributed by atoms with E-state index in [9.17, 15) is 0 Å². The SMILES string of the molecule is Cc1cc2c(nc1C)sc1c(NC[C@@H]3CCCO3)ncnc12. The van der Waals surface area contributed by atoms with E-state index in [1.165, 1.54) is 5.56 Å². The van der Waals surface area contributed by atoms with Crippen LogP contribution in [0.5, 0.6) is 0 Å². The standard InChI is InChI=1S/C16H18N4OS/c1-9-6-12-13-14(22-16(12)20-10(9)2)15(19-8-18-13)17-7-11-4-3-5-21-11/h6,8,11H,3-5,7H2,1-2H3,(H,17,18,19)/t11-/m0/s1. The number of pyridine rings is 1. The lowest BCUT2D eigenvalue weighted by atomic mass is 10.2. The van der Waals surface area contributed by atoms with Gasteiger partial charge in [0.15, 0.2) is 0 Å². The monoisotopic (exact) mass is 314 g/mol. The summed E-state index contributed by atoms with van der Waals surface area (Å²) in [5.74, 6) is 0.888. The number of fused-ring (bicyclic) bond motifs is 3. The average molecular weight is 314 g/mol. The van der Waals surface area contributed by atoms with Crippen molar-refractivity contribution in [3.8, 4) is 0 Å². The van der Waals surface area contributed by atoms with Crippen LogP contribution >= 0.6 is 11.3 Å². The quantitative estimate of drug-likeness (QED) is 0.802. The van der Waals surface area contributed by atoms with E-state index in [0.717, 1.165) is 57.9 Å². The van der Waals surface area contributed by atoms with Crippen molar-refractivity contribution in [3.05, 3.63) is 23.7 Å². The fraction of sp³-hybridized carbons (Fsp3) is 0.438. The fourth-order valence-electron chi connectivity index (χ4n) is 2.83. The van der Waals surface area contributed by atoms with Crippen molar-refractivity contribution < 1.29 is 4.74 Å². The van der Waals surface area contributed by atoms with Gasteiger partial charge in [-0.2, -0.15) is 0 Å². The van der Waals surface area contributed by atoms with Gasteiger partial charge in [0.05, 0.1) is 16.3 Å². The zero-order chi connectivity index (χ0) is 15.1. The van der Waals surface area contributed by atoms with Crippen molar-refractivity contribution in [1.82, 2.24) is 15.0 Å². The Kier molecular flexibility index (Phi) is 3.43. The highest BCUT2D eigenvalue weighted by atomic mass is 32.1. The minimum atomic E-state index is 0.294. The van der Waals surface area contributed by atoms with E-state index in [-0.39, 0.29) is 0 Å². The van der Waals surface area contributed by atoms with E-state index in [1.807, 2.05) is 6.92 Å². The molecule has 0 unspecified atom stereocenters. The van der Waals surface area contributed by atoms with E-state index < -0.39 is 0 Å². The maximum atomic E-state index is 5.66. The third-order valence-corrected chi connectivity index (χ3v) is 5.31. The van der Waals surface area contributed by atoms with Crippen LogP contribution in [0.3, 0.4) is 0 Å². The molecule has 1 atom stereocenters. The van der Waals surface area contributed by atoms with E-state index in [2.05, 4.69) is 33.3 Å². The lowest BCUT2D eigenvalue weighted by Gasteiger charge is -2.11. The molecule has 1 aliphatic rings. The van der Waals surface area contributed by atoms with Crippen LogP contribution in [0.2, 0.25) is 0 Å². The second kappa shape index (κ2) is 5.44. The molecule has 5 nitrogen and oxygen atoms in total. The van der Waals surface area contributed by atoms with Gasteiger partial charge in [-0.25, -0.2) is 15.0 Å². The van der Waals surface area contributed by atoms with Crippen LogP contribution in [0.4, 0.5) is 5.82 Å². The maximum Gasteiger partial charge on any atom is 0.147 e. The van der Waals surface area contributed by atoms with Crippen molar-refractivity contribution in [2.75, 3.05) is 18.5 Å². The average Bonchev–Trinajstić information content (AvgIpc) is 3.14. The number of hydrogen-bond donors (Lipinski definition) is 1. The molecular formula is C16H18N4OS. The summed E-state index contributed by atoms with van der Waals surface area (Å²) in [5.41, 5.74) is 3.25. The van der Waals surface area contributed by atoms with Crippen molar-refractivity contribution in [2.24, 2.45) is 0 Å². The number of rotatable bonds is 3. The van der Waals surface area contributed by atoms with E-state index in [1.54, 1.807) is 17.7 Å². The van der Waals surface area contributed by atoms with E-state index in [4.69, 9.17) is 4.74 Å². The lowest BCUT2D eigenvalue weighted by Crippen LogP contribution is -2.18. The van der Waals surface area contributed by atoms with Crippen molar-refractivity contribution in [1.29, 1.82) is 0 Å². The molecule has 1 aliphatic heterocycles. The Labute approximate surface area is 132 Å². The molecule has 0 bridgehead atoms. The number of hydrogen-bond acceptors (Lipinski definition) is 6. The normalized spacial score (nSPS) is 18.4. The molecule has 6 heteroatoms. The number of anilines is 1. The Morgan fingerprint density at radius 1 is 1.36 bits per heavy atom. The van der Waals surface area contributed by atoms with Gasteiger partial charge in [-0.1, -0.05) is 0 Å². The molecule has 1 fully saturated rings. The van der Waals surface area contributed by atoms with Gasteiger partial charge in [0.1, 0.15) is 17.0 Å². The van der Waals surface area contributed by atoms with Crippen LogP contribution in [-0.2, 0) is 4.74 Å². The van der Waals surface area contributed by atoms with Crippen LogP contribution in [0.1, 0.15) is 24.1 Å². The topological polar surface area (TPSA) is 59.9 Å². The summed E-state index contributed by atoms with van der Waals surface area (Å²) in [6.45, 7) is 5.80. The minimum absolute atomic E-state index is 0.294. The Morgan fingerprint density at radius 3 is 3.09 bits per heavy atom. The number of ether oxygens (including phenoxy) is 1. The number of aryl methyl sites for hydroxylation is 2. The zero-order valence-electron chi connectivity index (χ0n) is 12.7. The van der Waals surface area contributed by atoms with Gasteiger partial charge in [0.2, 0.25) is 0 Å². The Hall–Kier alpha value is -1.79. The summed E-state index contributed by atoms with van der Waals surface area (Å²) >= 11 is 1.65. The van der Waals surface area contributed by atoms with Crippen LogP contribution < -0.4 is 5.32 Å². The summed E-state index contributed by atoms with van der Waals surface area (Å²) in [4.78, 5) is 14.6. The van der Waals surface area contributed by atoms with Crippen LogP contribution in [0.15, 0.2) is 12.4 Å². The molecule has 0 aromatic carbocycles. The predicted molar refractivity (Wildman–Crippen MR) is 89.7 cm³/mol. The molecule has 114 valence electrons. The highest BCUT2D eigenvalue weighted by Gasteiger charge is 2.17. The van der Waals surface area contributed by atoms with Gasteiger partial charge in [0, 0.05) is 24.2 Å². The molecule has 0 radical (unpaired) electrons. The van der Waals surface area contributed by atoms with Gasteiger partial charge >= 0.3 is 0 Å². The summed E-state index contributed by atoms with van der Waals surface area (Å²) in [6, 6.07) is 2.17. The highest BCUT2D eigenvalue weighted by molar-refractivity contribution is 7.25. The Bertz CT molecular complexity index is 839. The first-order valence-electron chi connectivity index (χ1n) is 7.59. The molecule has 1 N–H and O–H groups in total. The first kappa shape index (κ1) is 13.8. The third-order valence-electron chi connectivity index (χ3n) is 4.21. The van der Waals surface area contributed by atoms with Crippen molar-refractivity contribution in [3.63, 3.8) is 0 Å². The van der Waals surface area contributed by atoms with Crippen LogP contribution in [-0.4, -0.2) is 34.2 Å². The second-order valence-electron chi connectivity index (χ2n) is 5.76. The number of nitrogens with zero attached hydrogens (tertiary/aromatic N) is 3. The maximum absolute atomic E-state index is 5.66. The predicted octanol–water partition coefficient (Wildman–Crippen LogP) is 3.45. The molecule has 22 heavy (non-hydrogen) atoms. The Balaban J connectivity index is 1.75. The molecule has 4 heterocycles. The van der Waals surface area contributed by atoms with E-state index in [0.29, 0.717) is 6.10 Å². The van der Waals surface area contributed by atoms with Crippen molar-refractivity contribution >= 4 is 37.6 Å². The zero-order valence-corrected chi connectivity index (χ0v) is 13.5. The molecule has 0 saturated carbocycles. The number of nitrogens with one attached hydrogen (secondary N) is 1. The van der Waals surface area contributed by atoms with Gasteiger partial charge in [0.25, 0.3) is 0 Å². The molecular weight excluding hydrogens is 296 g/mol. The van der Waals surface area contributed by atoms with E-state index >= 15 is 0 Å². The molecule has 3 aromatic rings.